The Balaban J connectivity index is 4.63. The van der Waals surface area contributed by atoms with Crippen LogP contribution < -0.4 is 5.84 Å². The molecule has 0 heterocycles. The third-order valence-electron chi connectivity index (χ3n) is 1.70. The van der Waals surface area contributed by atoms with Crippen LogP contribution in [-0.4, -0.2) is 24.0 Å². The Morgan fingerprint density at radius 3 is 2.00 bits per heavy atom. The van der Waals surface area contributed by atoms with Gasteiger partial charge >= 0.3 is 0 Å². The molecule has 0 rings (SSSR count). The maximum Gasteiger partial charge on any atom is 0.253 e. The lowest BCUT2D eigenvalue weighted by atomic mass is 10.1. The Morgan fingerprint density at radius 2 is 1.71 bits per heavy atom. The molecule has 0 aliphatic heterocycles. The maximum absolute atomic E-state index is 11.4. The van der Waals surface area contributed by atoms with Gasteiger partial charge in [-0.05, 0) is 19.8 Å². The van der Waals surface area contributed by atoms with Crippen molar-refractivity contribution in [3.63, 3.8) is 0 Å². The third-order valence-corrected chi connectivity index (χ3v) is 3.64. The van der Waals surface area contributed by atoms with E-state index in [1.165, 1.54) is 13.8 Å². The van der Waals surface area contributed by atoms with Gasteiger partial charge in [0.2, 0.25) is 0 Å². The summed E-state index contributed by atoms with van der Waals surface area (Å²) in [5.74, 6) is 4.77. The van der Waals surface area contributed by atoms with Crippen LogP contribution in [0.5, 0.6) is 0 Å². The van der Waals surface area contributed by atoms with Crippen molar-refractivity contribution in [3.8, 4) is 0 Å². The highest BCUT2D eigenvalue weighted by atomic mass is 32.2. The Labute approximate surface area is 85.3 Å². The summed E-state index contributed by atoms with van der Waals surface area (Å²) in [4.78, 5) is 11.3. The SMILES string of the molecule is CC(C)CC(=O)N(N)S(=O)(=O)C(C)C. The molecule has 0 saturated heterocycles. The van der Waals surface area contributed by atoms with Gasteiger partial charge in [-0.25, -0.2) is 14.3 Å². The molecule has 0 aromatic carbocycles. The van der Waals surface area contributed by atoms with Crippen LogP contribution in [0, 0.1) is 5.92 Å². The Bertz CT molecular complexity index is 296. The van der Waals surface area contributed by atoms with E-state index in [1.807, 2.05) is 13.8 Å². The summed E-state index contributed by atoms with van der Waals surface area (Å²) in [7, 11) is -3.66. The predicted molar refractivity (Wildman–Crippen MR) is 54.5 cm³/mol. The van der Waals surface area contributed by atoms with Crippen molar-refractivity contribution >= 4 is 15.9 Å². The van der Waals surface area contributed by atoms with E-state index in [4.69, 9.17) is 5.84 Å². The van der Waals surface area contributed by atoms with E-state index in [9.17, 15) is 13.2 Å². The molecule has 0 bridgehead atoms. The highest BCUT2D eigenvalue weighted by Gasteiger charge is 2.27. The van der Waals surface area contributed by atoms with E-state index in [2.05, 4.69) is 0 Å². The molecule has 0 aliphatic rings. The largest absolute Gasteiger partial charge is 0.272 e. The van der Waals surface area contributed by atoms with Gasteiger partial charge < -0.3 is 0 Å². The van der Waals surface area contributed by atoms with E-state index >= 15 is 0 Å². The van der Waals surface area contributed by atoms with E-state index in [1.54, 1.807) is 0 Å². The van der Waals surface area contributed by atoms with Crippen molar-refractivity contribution in [1.82, 2.24) is 4.41 Å². The second kappa shape index (κ2) is 4.75. The van der Waals surface area contributed by atoms with Gasteiger partial charge in [0.05, 0.1) is 5.25 Å². The molecule has 5 nitrogen and oxygen atoms in total. The highest BCUT2D eigenvalue weighted by Crippen LogP contribution is 2.08. The molecular weight excluding hydrogens is 204 g/mol. The van der Waals surface area contributed by atoms with E-state index in [-0.39, 0.29) is 12.3 Å². The Hall–Kier alpha value is -0.620. The number of hydrazine groups is 1. The number of hydrogen-bond acceptors (Lipinski definition) is 4. The summed E-state index contributed by atoms with van der Waals surface area (Å²) in [6.45, 7) is 6.62. The molecule has 0 aliphatic carbocycles. The number of carbonyl (C=O) groups is 1. The predicted octanol–water partition coefficient (Wildman–Crippen LogP) is 0.473. The quantitative estimate of drug-likeness (QED) is 0.426. The second-order valence-corrected chi connectivity index (χ2v) is 6.25. The van der Waals surface area contributed by atoms with Crippen LogP contribution in [0.3, 0.4) is 0 Å². The molecule has 0 aromatic rings. The molecule has 0 unspecified atom stereocenters. The van der Waals surface area contributed by atoms with Crippen molar-refractivity contribution < 1.29 is 13.2 Å². The van der Waals surface area contributed by atoms with Gasteiger partial charge in [-0.1, -0.05) is 13.8 Å². The number of nitrogens with two attached hydrogens (primary N) is 1. The number of hydrogen-bond donors (Lipinski definition) is 1. The molecule has 0 spiro atoms. The van der Waals surface area contributed by atoms with Crippen LogP contribution in [-0.2, 0) is 14.8 Å². The number of carbonyl (C=O) groups excluding carboxylic acids is 1. The zero-order chi connectivity index (χ0) is 11.5. The van der Waals surface area contributed by atoms with Gasteiger partial charge in [0.15, 0.2) is 0 Å². The summed E-state index contributed by atoms with van der Waals surface area (Å²) in [6.07, 6.45) is 0.141. The van der Waals surface area contributed by atoms with Gasteiger partial charge in [0, 0.05) is 6.42 Å². The molecule has 2 N–H and O–H groups in total. The van der Waals surface area contributed by atoms with Crippen LogP contribution >= 0.6 is 0 Å². The smallest absolute Gasteiger partial charge is 0.253 e. The van der Waals surface area contributed by atoms with Gasteiger partial charge in [-0.3, -0.25) is 4.79 Å². The molecule has 0 aromatic heterocycles. The van der Waals surface area contributed by atoms with Crippen molar-refractivity contribution in [2.45, 2.75) is 39.4 Å². The third kappa shape index (κ3) is 3.26. The second-order valence-electron chi connectivity index (χ2n) is 3.88. The zero-order valence-electron chi connectivity index (χ0n) is 9.02. The monoisotopic (exact) mass is 222 g/mol. The van der Waals surface area contributed by atoms with Crippen molar-refractivity contribution in [2.24, 2.45) is 11.8 Å². The summed E-state index contributed by atoms with van der Waals surface area (Å²) in [6, 6.07) is 0. The molecule has 84 valence electrons. The molecule has 6 heteroatoms. The van der Waals surface area contributed by atoms with Crippen LogP contribution in [0.4, 0.5) is 0 Å². The summed E-state index contributed by atoms with van der Waals surface area (Å²) < 4.78 is 23.2. The Morgan fingerprint density at radius 1 is 1.29 bits per heavy atom. The summed E-state index contributed by atoms with van der Waals surface area (Å²) in [5, 5.41) is -0.677. The summed E-state index contributed by atoms with van der Waals surface area (Å²) in [5.41, 5.74) is 0. The highest BCUT2D eigenvalue weighted by molar-refractivity contribution is 7.90. The number of amides is 1. The average Bonchev–Trinajstić information content (AvgIpc) is 2.01. The van der Waals surface area contributed by atoms with Crippen molar-refractivity contribution in [3.05, 3.63) is 0 Å². The van der Waals surface area contributed by atoms with Gasteiger partial charge in [-0.2, -0.15) is 4.41 Å². The average molecular weight is 222 g/mol. The summed E-state index contributed by atoms with van der Waals surface area (Å²) >= 11 is 0. The number of rotatable bonds is 4. The van der Waals surface area contributed by atoms with Crippen LogP contribution in [0.2, 0.25) is 0 Å². The zero-order valence-corrected chi connectivity index (χ0v) is 9.84. The minimum Gasteiger partial charge on any atom is -0.272 e. The first kappa shape index (κ1) is 13.4. The van der Waals surface area contributed by atoms with Gasteiger partial charge in [-0.15, -0.1) is 0 Å². The van der Waals surface area contributed by atoms with E-state index in [0.717, 1.165) is 0 Å². The van der Waals surface area contributed by atoms with E-state index < -0.39 is 21.2 Å². The first-order chi connectivity index (χ1) is 6.19. The number of sulfonamides is 1. The number of nitrogens with zero attached hydrogens (tertiary/aromatic N) is 1. The maximum atomic E-state index is 11.4. The Kier molecular flexibility index (Phi) is 4.54. The van der Waals surface area contributed by atoms with Crippen LogP contribution in [0.15, 0.2) is 0 Å². The fraction of sp³-hybridized carbons (Fsp3) is 0.875. The van der Waals surface area contributed by atoms with Crippen molar-refractivity contribution in [1.29, 1.82) is 0 Å². The normalized spacial score (nSPS) is 12.2. The lowest BCUT2D eigenvalue weighted by Crippen LogP contribution is -2.46. The molecule has 14 heavy (non-hydrogen) atoms. The molecule has 0 fully saturated rings. The molecule has 0 saturated carbocycles. The van der Waals surface area contributed by atoms with Crippen LogP contribution in [0.1, 0.15) is 34.1 Å². The molecular formula is C8H18N2O3S. The van der Waals surface area contributed by atoms with Crippen molar-refractivity contribution in [2.75, 3.05) is 0 Å². The lowest BCUT2D eigenvalue weighted by molar-refractivity contribution is -0.127. The lowest BCUT2D eigenvalue weighted by Gasteiger charge is -2.19. The first-order valence-electron chi connectivity index (χ1n) is 4.51. The fourth-order valence-corrected chi connectivity index (χ4v) is 1.62. The minimum absolute atomic E-state index is 0.0934. The van der Waals surface area contributed by atoms with E-state index in [0.29, 0.717) is 4.41 Å². The topological polar surface area (TPSA) is 80.5 Å². The fourth-order valence-electron chi connectivity index (χ4n) is 0.808. The first-order valence-corrected chi connectivity index (χ1v) is 6.01. The molecule has 0 radical (unpaired) electrons. The van der Waals surface area contributed by atoms with Gasteiger partial charge in [0.25, 0.3) is 15.9 Å². The van der Waals surface area contributed by atoms with Crippen LogP contribution in [0.25, 0.3) is 0 Å². The minimum atomic E-state index is -3.66. The molecule has 1 amide bonds. The van der Waals surface area contributed by atoms with Gasteiger partial charge in [0.1, 0.15) is 0 Å². The molecule has 0 atom stereocenters. The standard InChI is InChI=1S/C8H18N2O3S/c1-6(2)5-8(11)10(9)14(12,13)7(3)4/h6-7H,5,9H2,1-4H3.